The maximum Gasteiger partial charge on any atom is 0.349 e. The fourth-order valence-corrected chi connectivity index (χ4v) is 3.36. The van der Waals surface area contributed by atoms with Crippen LogP contribution < -0.4 is 11.2 Å². The molecule has 0 aliphatic carbocycles. The highest BCUT2D eigenvalue weighted by molar-refractivity contribution is 7.98. The fraction of sp³-hybridized carbons (Fsp3) is 0.0625. The highest BCUT2D eigenvalue weighted by atomic mass is 35.5. The highest BCUT2D eigenvalue weighted by Gasteiger charge is 2.07. The normalized spacial score (nSPS) is 10.8. The van der Waals surface area contributed by atoms with Crippen LogP contribution in [0.15, 0.2) is 63.1 Å². The molecular weight excluding hydrogens is 369 g/mol. The Bertz CT molecular complexity index is 984. The summed E-state index contributed by atoms with van der Waals surface area (Å²) in [7, 11) is 0. The first-order valence-corrected chi connectivity index (χ1v) is 8.63. The van der Waals surface area contributed by atoms with Gasteiger partial charge in [0.2, 0.25) is 0 Å². The molecule has 0 aliphatic rings. The number of halogens is 2. The van der Waals surface area contributed by atoms with E-state index in [9.17, 15) is 9.59 Å². The van der Waals surface area contributed by atoms with Crippen molar-refractivity contribution in [1.82, 2.24) is 14.8 Å². The molecule has 3 aromatic rings. The van der Waals surface area contributed by atoms with Crippen molar-refractivity contribution in [2.45, 2.75) is 10.6 Å². The van der Waals surface area contributed by atoms with Crippen molar-refractivity contribution in [3.63, 3.8) is 0 Å². The number of nitrogens with one attached hydrogen (secondary N) is 1. The first-order valence-electron chi connectivity index (χ1n) is 6.89. The zero-order chi connectivity index (χ0) is 17.1. The molecular formula is C16H11Cl2N3O2S. The lowest BCUT2D eigenvalue weighted by atomic mass is 10.2. The SMILES string of the molecule is O=c1cnn(-c2ccc(CSc3ccc(Cl)cc3)c(Cl)c2)c(=O)[nH]1. The van der Waals surface area contributed by atoms with Crippen LogP contribution in [0.25, 0.3) is 5.69 Å². The smallest absolute Gasteiger partial charge is 0.271 e. The van der Waals surface area contributed by atoms with Crippen LogP contribution in [0.3, 0.4) is 0 Å². The van der Waals surface area contributed by atoms with Crippen LogP contribution in [0.2, 0.25) is 10.0 Å². The third kappa shape index (κ3) is 3.90. The molecule has 1 heterocycles. The minimum Gasteiger partial charge on any atom is -0.271 e. The van der Waals surface area contributed by atoms with E-state index in [1.165, 1.54) is 0 Å². The standard InChI is InChI=1S/C16H11Cl2N3O2S/c17-11-2-5-13(6-3-11)24-9-10-1-4-12(7-14(10)18)21-16(23)20-15(22)8-19-21/h1-8H,9H2,(H,20,22,23). The summed E-state index contributed by atoms with van der Waals surface area (Å²) in [5.74, 6) is 0.675. The van der Waals surface area contributed by atoms with Gasteiger partial charge in [-0.25, -0.2) is 4.79 Å². The van der Waals surface area contributed by atoms with Gasteiger partial charge in [-0.2, -0.15) is 9.78 Å². The number of nitrogens with zero attached hydrogens (tertiary/aromatic N) is 2. The van der Waals surface area contributed by atoms with Crippen LogP contribution in [0.1, 0.15) is 5.56 Å². The number of benzene rings is 2. The molecule has 122 valence electrons. The summed E-state index contributed by atoms with van der Waals surface area (Å²) in [6, 6.07) is 12.8. The maximum atomic E-state index is 11.8. The van der Waals surface area contributed by atoms with Gasteiger partial charge >= 0.3 is 5.69 Å². The van der Waals surface area contributed by atoms with Gasteiger partial charge < -0.3 is 0 Å². The summed E-state index contributed by atoms with van der Waals surface area (Å²) in [6.45, 7) is 0. The van der Waals surface area contributed by atoms with Gasteiger partial charge in [-0.05, 0) is 42.0 Å². The molecule has 0 aliphatic heterocycles. The van der Waals surface area contributed by atoms with Crippen LogP contribution in [0, 0.1) is 0 Å². The first kappa shape index (κ1) is 16.8. The van der Waals surface area contributed by atoms with Crippen molar-refractivity contribution in [2.75, 3.05) is 0 Å². The third-order valence-corrected chi connectivity index (χ3v) is 4.87. The molecule has 0 fully saturated rings. The molecule has 0 unspecified atom stereocenters. The van der Waals surface area contributed by atoms with Gasteiger partial charge in [-0.3, -0.25) is 9.78 Å². The molecule has 2 aromatic carbocycles. The lowest BCUT2D eigenvalue weighted by Gasteiger charge is -2.08. The number of H-pyrrole nitrogens is 1. The average molecular weight is 380 g/mol. The van der Waals surface area contributed by atoms with Gasteiger partial charge in [0.05, 0.1) is 5.69 Å². The van der Waals surface area contributed by atoms with E-state index in [1.54, 1.807) is 23.9 Å². The van der Waals surface area contributed by atoms with Crippen molar-refractivity contribution < 1.29 is 0 Å². The predicted molar refractivity (Wildman–Crippen MR) is 96.5 cm³/mol. The van der Waals surface area contributed by atoms with Gasteiger partial charge in [0.15, 0.2) is 0 Å². The first-order chi connectivity index (χ1) is 11.5. The van der Waals surface area contributed by atoms with Crippen LogP contribution in [0.5, 0.6) is 0 Å². The number of hydrogen-bond donors (Lipinski definition) is 1. The summed E-state index contributed by atoms with van der Waals surface area (Å²) in [5, 5.41) is 5.02. The molecule has 5 nitrogen and oxygen atoms in total. The number of aromatic nitrogens is 3. The van der Waals surface area contributed by atoms with Gasteiger partial charge in [0.1, 0.15) is 6.20 Å². The van der Waals surface area contributed by atoms with E-state index in [4.69, 9.17) is 23.2 Å². The van der Waals surface area contributed by atoms with E-state index >= 15 is 0 Å². The molecule has 0 atom stereocenters. The molecule has 8 heteroatoms. The monoisotopic (exact) mass is 379 g/mol. The Morgan fingerprint density at radius 3 is 2.50 bits per heavy atom. The Hall–Kier alpha value is -2.02. The van der Waals surface area contributed by atoms with Gasteiger partial charge in [-0.1, -0.05) is 29.3 Å². The number of rotatable bonds is 4. The second-order valence-electron chi connectivity index (χ2n) is 4.87. The molecule has 24 heavy (non-hydrogen) atoms. The lowest BCUT2D eigenvalue weighted by molar-refractivity contribution is 0.749. The summed E-state index contributed by atoms with van der Waals surface area (Å²) >= 11 is 13.8. The van der Waals surface area contributed by atoms with Gasteiger partial charge in [0.25, 0.3) is 5.56 Å². The fourth-order valence-electron chi connectivity index (χ4n) is 2.01. The summed E-state index contributed by atoms with van der Waals surface area (Å²) in [5.41, 5.74) is 0.263. The second kappa shape index (κ2) is 7.25. The Kier molecular flexibility index (Phi) is 5.08. The van der Waals surface area contributed by atoms with Crippen LogP contribution in [-0.4, -0.2) is 14.8 Å². The summed E-state index contributed by atoms with van der Waals surface area (Å²) in [4.78, 5) is 26.1. The van der Waals surface area contributed by atoms with Crippen molar-refractivity contribution in [3.05, 3.63) is 85.1 Å². The minimum absolute atomic E-state index is 0.487. The molecule has 0 saturated carbocycles. The van der Waals surface area contributed by atoms with Crippen molar-refractivity contribution in [1.29, 1.82) is 0 Å². The Morgan fingerprint density at radius 2 is 1.83 bits per heavy atom. The summed E-state index contributed by atoms with van der Waals surface area (Å²) < 4.78 is 1.09. The zero-order valence-corrected chi connectivity index (χ0v) is 14.5. The maximum absolute atomic E-state index is 11.8. The molecule has 3 rings (SSSR count). The molecule has 0 spiro atoms. The molecule has 0 saturated heterocycles. The topological polar surface area (TPSA) is 67.8 Å². The van der Waals surface area contributed by atoms with Crippen LogP contribution >= 0.6 is 35.0 Å². The molecule has 0 radical (unpaired) electrons. The molecule has 1 aromatic heterocycles. The Balaban J connectivity index is 1.80. The van der Waals surface area contributed by atoms with Crippen LogP contribution in [0.4, 0.5) is 0 Å². The van der Waals surface area contributed by atoms with E-state index in [-0.39, 0.29) is 0 Å². The lowest BCUT2D eigenvalue weighted by Crippen LogP contribution is -2.30. The van der Waals surface area contributed by atoms with Crippen molar-refractivity contribution >= 4 is 35.0 Å². The molecule has 0 bridgehead atoms. The third-order valence-electron chi connectivity index (χ3n) is 3.20. The predicted octanol–water partition coefficient (Wildman–Crippen LogP) is 3.52. The van der Waals surface area contributed by atoms with E-state index < -0.39 is 11.2 Å². The van der Waals surface area contributed by atoms with E-state index in [1.807, 2.05) is 30.3 Å². The quantitative estimate of drug-likeness (QED) is 0.704. The van der Waals surface area contributed by atoms with Crippen LogP contribution in [-0.2, 0) is 5.75 Å². The Labute approximate surface area is 151 Å². The van der Waals surface area contributed by atoms with E-state index in [0.717, 1.165) is 21.3 Å². The number of hydrogen-bond acceptors (Lipinski definition) is 4. The average Bonchev–Trinajstić information content (AvgIpc) is 2.55. The highest BCUT2D eigenvalue weighted by Crippen LogP contribution is 2.28. The Morgan fingerprint density at radius 1 is 1.08 bits per heavy atom. The summed E-state index contributed by atoms with van der Waals surface area (Å²) in [6.07, 6.45) is 1.04. The van der Waals surface area contributed by atoms with Crippen molar-refractivity contribution in [2.24, 2.45) is 0 Å². The minimum atomic E-state index is -0.609. The largest absolute Gasteiger partial charge is 0.349 e. The van der Waals surface area contributed by atoms with Gasteiger partial charge in [-0.15, -0.1) is 11.8 Å². The van der Waals surface area contributed by atoms with Gasteiger partial charge in [0, 0.05) is 20.7 Å². The van der Waals surface area contributed by atoms with Crippen molar-refractivity contribution in [3.8, 4) is 5.69 Å². The van der Waals surface area contributed by atoms with E-state index in [0.29, 0.717) is 21.5 Å². The van der Waals surface area contributed by atoms with E-state index in [2.05, 4.69) is 10.1 Å². The second-order valence-corrected chi connectivity index (χ2v) is 6.76. The number of thioether (sulfide) groups is 1. The molecule has 1 N–H and O–H groups in total. The zero-order valence-electron chi connectivity index (χ0n) is 12.2. The molecule has 0 amide bonds. The number of aromatic amines is 1.